The topological polar surface area (TPSA) is 26.3 Å². The maximum Gasteiger partial charge on any atom is 0.333 e. The first-order valence-corrected chi connectivity index (χ1v) is 8.24. The third-order valence-electron chi connectivity index (χ3n) is 5.11. The van der Waals surface area contributed by atoms with Crippen molar-refractivity contribution in [2.75, 3.05) is 0 Å². The standard InChI is InChI=1S/C20H28O2/c1-14(2)19(21)22-18-13-15(3)11-12-17(18)20(4,5)16-9-7-6-8-10-16/h6-10,15,17-18H,1,11-13H2,2-5H3/t15-,17-,18?/m1/s1. The van der Waals surface area contributed by atoms with Crippen molar-refractivity contribution in [3.05, 3.63) is 48.0 Å². The first-order chi connectivity index (χ1) is 10.3. The number of rotatable bonds is 4. The van der Waals surface area contributed by atoms with Gasteiger partial charge in [-0.3, -0.25) is 0 Å². The Balaban J connectivity index is 2.25. The van der Waals surface area contributed by atoms with Gasteiger partial charge in [-0.15, -0.1) is 0 Å². The Morgan fingerprint density at radius 3 is 2.45 bits per heavy atom. The second-order valence-corrected chi connectivity index (χ2v) is 7.34. The molecule has 0 radical (unpaired) electrons. The van der Waals surface area contributed by atoms with Gasteiger partial charge in [-0.25, -0.2) is 4.79 Å². The summed E-state index contributed by atoms with van der Waals surface area (Å²) in [4.78, 5) is 12.0. The van der Waals surface area contributed by atoms with E-state index in [0.717, 1.165) is 12.8 Å². The van der Waals surface area contributed by atoms with Crippen LogP contribution in [0.4, 0.5) is 0 Å². The predicted octanol–water partition coefficient (Wildman–Crippen LogP) is 4.89. The van der Waals surface area contributed by atoms with Crippen molar-refractivity contribution in [2.24, 2.45) is 11.8 Å². The van der Waals surface area contributed by atoms with Gasteiger partial charge < -0.3 is 4.74 Å². The highest BCUT2D eigenvalue weighted by Gasteiger charge is 2.41. The summed E-state index contributed by atoms with van der Waals surface area (Å²) in [6, 6.07) is 10.6. The van der Waals surface area contributed by atoms with Crippen LogP contribution in [-0.4, -0.2) is 12.1 Å². The van der Waals surface area contributed by atoms with Crippen LogP contribution in [-0.2, 0) is 14.9 Å². The first-order valence-electron chi connectivity index (χ1n) is 8.24. The van der Waals surface area contributed by atoms with E-state index in [0.29, 0.717) is 17.4 Å². The van der Waals surface area contributed by atoms with Crippen molar-refractivity contribution in [3.63, 3.8) is 0 Å². The predicted molar refractivity (Wildman–Crippen MR) is 90.7 cm³/mol. The van der Waals surface area contributed by atoms with Crippen LogP contribution in [0.2, 0.25) is 0 Å². The van der Waals surface area contributed by atoms with E-state index in [-0.39, 0.29) is 17.5 Å². The number of benzene rings is 1. The van der Waals surface area contributed by atoms with Gasteiger partial charge in [-0.05, 0) is 36.7 Å². The fourth-order valence-corrected chi connectivity index (χ4v) is 3.60. The Hall–Kier alpha value is -1.57. The molecule has 2 rings (SSSR count). The lowest BCUT2D eigenvalue weighted by atomic mass is 9.64. The average molecular weight is 300 g/mol. The zero-order valence-corrected chi connectivity index (χ0v) is 14.3. The zero-order chi connectivity index (χ0) is 16.3. The van der Waals surface area contributed by atoms with Gasteiger partial charge in [0.25, 0.3) is 0 Å². The van der Waals surface area contributed by atoms with Gasteiger partial charge in [-0.2, -0.15) is 0 Å². The van der Waals surface area contributed by atoms with Crippen LogP contribution < -0.4 is 0 Å². The van der Waals surface area contributed by atoms with Crippen molar-refractivity contribution in [1.29, 1.82) is 0 Å². The number of ether oxygens (including phenoxy) is 1. The Kier molecular flexibility index (Phi) is 5.10. The molecule has 0 amide bonds. The molecule has 22 heavy (non-hydrogen) atoms. The number of esters is 1. The van der Waals surface area contributed by atoms with Crippen LogP contribution in [0, 0.1) is 11.8 Å². The molecular weight excluding hydrogens is 272 g/mol. The Labute approximate surface area is 134 Å². The molecule has 0 saturated heterocycles. The van der Waals surface area contributed by atoms with E-state index in [4.69, 9.17) is 4.74 Å². The SMILES string of the molecule is C=C(C)C(=O)OC1C[C@H](C)CC[C@H]1C(C)(C)c1ccccc1. The van der Waals surface area contributed by atoms with Crippen molar-refractivity contribution >= 4 is 5.97 Å². The molecule has 0 bridgehead atoms. The number of hydrogen-bond acceptors (Lipinski definition) is 2. The third kappa shape index (κ3) is 3.60. The maximum absolute atomic E-state index is 12.0. The van der Waals surface area contributed by atoms with Gasteiger partial charge in [-0.1, -0.05) is 64.1 Å². The summed E-state index contributed by atoms with van der Waals surface area (Å²) >= 11 is 0. The highest BCUT2D eigenvalue weighted by atomic mass is 16.5. The summed E-state index contributed by atoms with van der Waals surface area (Å²) in [5.41, 5.74) is 1.78. The summed E-state index contributed by atoms with van der Waals surface area (Å²) in [6.45, 7) is 12.2. The second-order valence-electron chi connectivity index (χ2n) is 7.34. The number of carbonyl (C=O) groups excluding carboxylic acids is 1. The minimum atomic E-state index is -0.257. The van der Waals surface area contributed by atoms with E-state index >= 15 is 0 Å². The van der Waals surface area contributed by atoms with Crippen molar-refractivity contribution in [3.8, 4) is 0 Å². The van der Waals surface area contributed by atoms with Gasteiger partial charge in [0, 0.05) is 11.5 Å². The zero-order valence-electron chi connectivity index (χ0n) is 14.3. The molecule has 120 valence electrons. The highest BCUT2D eigenvalue weighted by Crippen LogP contribution is 2.43. The lowest BCUT2D eigenvalue weighted by molar-refractivity contribution is -0.151. The minimum Gasteiger partial charge on any atom is -0.459 e. The van der Waals surface area contributed by atoms with E-state index in [9.17, 15) is 4.79 Å². The van der Waals surface area contributed by atoms with E-state index in [1.807, 2.05) is 6.07 Å². The van der Waals surface area contributed by atoms with Crippen LogP contribution >= 0.6 is 0 Å². The second kappa shape index (κ2) is 6.68. The molecule has 1 aromatic rings. The molecule has 0 heterocycles. The Morgan fingerprint density at radius 2 is 1.86 bits per heavy atom. The molecule has 0 N–H and O–H groups in total. The van der Waals surface area contributed by atoms with Crippen LogP contribution in [0.15, 0.2) is 42.5 Å². The van der Waals surface area contributed by atoms with E-state index in [1.165, 1.54) is 12.0 Å². The van der Waals surface area contributed by atoms with Crippen molar-refractivity contribution in [1.82, 2.24) is 0 Å². The van der Waals surface area contributed by atoms with Gasteiger partial charge >= 0.3 is 5.97 Å². The quantitative estimate of drug-likeness (QED) is 0.584. The Morgan fingerprint density at radius 1 is 1.23 bits per heavy atom. The van der Waals surface area contributed by atoms with E-state index in [2.05, 4.69) is 51.6 Å². The van der Waals surface area contributed by atoms with Crippen LogP contribution in [0.3, 0.4) is 0 Å². The summed E-state index contributed by atoms with van der Waals surface area (Å²) in [5, 5.41) is 0. The summed E-state index contributed by atoms with van der Waals surface area (Å²) in [7, 11) is 0. The Bertz CT molecular complexity index is 530. The van der Waals surface area contributed by atoms with Gasteiger partial charge in [0.05, 0.1) is 0 Å². The summed E-state index contributed by atoms with van der Waals surface area (Å²) < 4.78 is 5.81. The fraction of sp³-hybridized carbons (Fsp3) is 0.550. The minimum absolute atomic E-state index is 0.0125. The van der Waals surface area contributed by atoms with Gasteiger partial charge in [0.2, 0.25) is 0 Å². The van der Waals surface area contributed by atoms with Gasteiger partial charge in [0.1, 0.15) is 6.10 Å². The molecule has 0 aromatic heterocycles. The highest BCUT2D eigenvalue weighted by molar-refractivity contribution is 5.87. The fourth-order valence-electron chi connectivity index (χ4n) is 3.60. The van der Waals surface area contributed by atoms with Crippen LogP contribution in [0.25, 0.3) is 0 Å². The number of carbonyl (C=O) groups is 1. The summed E-state index contributed by atoms with van der Waals surface area (Å²) in [5.74, 6) is 0.688. The average Bonchev–Trinajstić information content (AvgIpc) is 2.47. The van der Waals surface area contributed by atoms with E-state index in [1.54, 1.807) is 6.92 Å². The lowest BCUT2D eigenvalue weighted by Crippen LogP contribution is -2.43. The lowest BCUT2D eigenvalue weighted by Gasteiger charge is -2.44. The van der Waals surface area contributed by atoms with Gasteiger partial charge in [0.15, 0.2) is 0 Å². The number of hydrogen-bond donors (Lipinski definition) is 0. The maximum atomic E-state index is 12.0. The van der Waals surface area contributed by atoms with Crippen LogP contribution in [0.1, 0.15) is 52.5 Å². The monoisotopic (exact) mass is 300 g/mol. The molecular formula is C20H28O2. The smallest absolute Gasteiger partial charge is 0.333 e. The molecule has 0 spiro atoms. The van der Waals surface area contributed by atoms with Crippen molar-refractivity contribution in [2.45, 2.75) is 58.5 Å². The molecule has 1 unspecified atom stereocenters. The molecule has 1 aliphatic rings. The molecule has 0 aliphatic heterocycles. The molecule has 2 nitrogen and oxygen atoms in total. The van der Waals surface area contributed by atoms with Crippen molar-refractivity contribution < 1.29 is 9.53 Å². The third-order valence-corrected chi connectivity index (χ3v) is 5.11. The molecule has 3 atom stereocenters. The molecule has 1 aliphatic carbocycles. The molecule has 1 aromatic carbocycles. The van der Waals surface area contributed by atoms with E-state index < -0.39 is 0 Å². The normalized spacial score (nSPS) is 25.5. The molecule has 1 saturated carbocycles. The summed E-state index contributed by atoms with van der Waals surface area (Å²) in [6.07, 6.45) is 3.21. The first kappa shape index (κ1) is 16.8. The van der Waals surface area contributed by atoms with Crippen LogP contribution in [0.5, 0.6) is 0 Å². The largest absolute Gasteiger partial charge is 0.459 e. The molecule has 1 fully saturated rings. The molecule has 2 heteroatoms.